The molecule has 0 spiro atoms. The van der Waals surface area contributed by atoms with E-state index < -0.39 is 24.5 Å². The maximum absolute atomic E-state index is 12.1. The number of amides is 2. The van der Waals surface area contributed by atoms with E-state index in [1.54, 1.807) is 4.57 Å². The number of nitrogen functional groups attached to an aromatic ring is 1. The van der Waals surface area contributed by atoms with Gasteiger partial charge in [0.1, 0.15) is 30.2 Å². The number of benzene rings is 1. The van der Waals surface area contributed by atoms with Gasteiger partial charge in [-0.2, -0.15) is 0 Å². The number of rotatable bonds is 8. The Morgan fingerprint density at radius 2 is 1.86 bits per heavy atom. The number of imidazole rings is 1. The molecule has 0 radical (unpaired) electrons. The average molecular weight is 499 g/mol. The molecule has 1 aromatic carbocycles. The lowest BCUT2D eigenvalue weighted by atomic mass is 9.87. The van der Waals surface area contributed by atoms with Crippen LogP contribution in [0.15, 0.2) is 36.9 Å². The molecular weight excluding hydrogens is 464 g/mol. The van der Waals surface area contributed by atoms with Gasteiger partial charge >= 0.3 is 6.03 Å². The number of fused-ring (bicyclic) bond motifs is 1. The van der Waals surface area contributed by atoms with Crippen molar-refractivity contribution in [3.8, 4) is 0 Å². The third-order valence-corrected chi connectivity index (χ3v) is 6.17. The smallest absolute Gasteiger partial charge is 0.319 e. The van der Waals surface area contributed by atoms with Crippen molar-refractivity contribution >= 4 is 28.7 Å². The average Bonchev–Trinajstić information content (AvgIpc) is 3.38. The van der Waals surface area contributed by atoms with Crippen LogP contribution in [-0.2, 0) is 10.2 Å². The standard InChI is InChI=1S/C24H34N8O4/c1-24(2,3)14-5-7-15(8-6-14)31-23(35)27-10-4-9-26-11-16-18(33)19(34)22(36-16)32-13-30-17-20(25)28-12-29-21(17)32/h5-8,12-13,16,18-19,22,26,33-34H,4,9-11H2,1-3H3,(H2,25,28,29)(H2,27,31,35)/t16-,18+,19-,22-/m1/s1. The molecule has 1 saturated heterocycles. The molecule has 3 aromatic rings. The number of hydrogen-bond donors (Lipinski definition) is 6. The van der Waals surface area contributed by atoms with E-state index in [0.29, 0.717) is 37.2 Å². The van der Waals surface area contributed by atoms with Gasteiger partial charge in [0.25, 0.3) is 0 Å². The quantitative estimate of drug-likeness (QED) is 0.249. The Hall–Kier alpha value is -3.32. The van der Waals surface area contributed by atoms with Crippen LogP contribution in [-0.4, -0.2) is 73.7 Å². The number of carbonyl (C=O) groups is 1. The second kappa shape index (κ2) is 10.7. The number of nitrogens with two attached hydrogens (primary N) is 1. The number of aliphatic hydroxyl groups excluding tert-OH is 2. The van der Waals surface area contributed by atoms with Crippen molar-refractivity contribution in [2.75, 3.05) is 30.7 Å². The Morgan fingerprint density at radius 1 is 1.11 bits per heavy atom. The van der Waals surface area contributed by atoms with Gasteiger partial charge in [-0.1, -0.05) is 32.9 Å². The SMILES string of the molecule is CC(C)(C)c1ccc(NC(=O)NCCCNC[C@H]2O[C@@H](n3cnc4c(N)ncnc43)[C@H](O)[C@H]2O)cc1. The first-order chi connectivity index (χ1) is 17.1. The lowest BCUT2D eigenvalue weighted by molar-refractivity contribution is -0.0341. The van der Waals surface area contributed by atoms with Crippen LogP contribution >= 0.6 is 0 Å². The summed E-state index contributed by atoms with van der Waals surface area (Å²) in [5, 5.41) is 29.8. The van der Waals surface area contributed by atoms with E-state index in [4.69, 9.17) is 10.5 Å². The van der Waals surface area contributed by atoms with Crippen molar-refractivity contribution in [3.63, 3.8) is 0 Å². The molecule has 194 valence electrons. The summed E-state index contributed by atoms with van der Waals surface area (Å²) in [7, 11) is 0. The van der Waals surface area contributed by atoms with Gasteiger partial charge in [-0.05, 0) is 36.1 Å². The highest BCUT2D eigenvalue weighted by Crippen LogP contribution is 2.31. The summed E-state index contributed by atoms with van der Waals surface area (Å²) in [6.45, 7) is 7.81. The number of anilines is 2. The van der Waals surface area contributed by atoms with Crippen molar-refractivity contribution in [2.24, 2.45) is 0 Å². The zero-order valence-electron chi connectivity index (χ0n) is 20.7. The second-order valence-corrected chi connectivity index (χ2v) is 9.90. The van der Waals surface area contributed by atoms with Crippen molar-refractivity contribution in [3.05, 3.63) is 42.5 Å². The topological polar surface area (TPSA) is 172 Å². The fraction of sp³-hybridized carbons (Fsp3) is 0.500. The van der Waals surface area contributed by atoms with Gasteiger partial charge < -0.3 is 36.6 Å². The van der Waals surface area contributed by atoms with Crippen LogP contribution in [0.3, 0.4) is 0 Å². The van der Waals surface area contributed by atoms with E-state index in [1.165, 1.54) is 18.2 Å². The molecule has 12 nitrogen and oxygen atoms in total. The molecule has 1 fully saturated rings. The van der Waals surface area contributed by atoms with Crippen LogP contribution in [0.25, 0.3) is 11.2 Å². The van der Waals surface area contributed by atoms with Crippen LogP contribution < -0.4 is 21.7 Å². The molecular formula is C24H34N8O4. The fourth-order valence-electron chi connectivity index (χ4n) is 4.07. The Kier molecular flexibility index (Phi) is 7.69. The number of urea groups is 1. The van der Waals surface area contributed by atoms with E-state index in [9.17, 15) is 15.0 Å². The minimum absolute atomic E-state index is 0.0592. The van der Waals surface area contributed by atoms with E-state index in [2.05, 4.69) is 51.7 Å². The number of nitrogens with one attached hydrogen (secondary N) is 3. The molecule has 3 heterocycles. The summed E-state index contributed by atoms with van der Waals surface area (Å²) in [6.07, 6.45) is -0.289. The minimum atomic E-state index is -1.16. The molecule has 2 aromatic heterocycles. The third-order valence-electron chi connectivity index (χ3n) is 6.17. The van der Waals surface area contributed by atoms with Gasteiger partial charge in [0.05, 0.1) is 6.33 Å². The lowest BCUT2D eigenvalue weighted by Gasteiger charge is -2.19. The number of aliphatic hydroxyl groups is 2. The van der Waals surface area contributed by atoms with Gasteiger partial charge in [0, 0.05) is 18.8 Å². The maximum Gasteiger partial charge on any atom is 0.319 e. The third kappa shape index (κ3) is 5.73. The molecule has 12 heteroatoms. The second-order valence-electron chi connectivity index (χ2n) is 9.90. The summed E-state index contributed by atoms with van der Waals surface area (Å²) in [4.78, 5) is 24.4. The van der Waals surface area contributed by atoms with Gasteiger partial charge in [0.2, 0.25) is 0 Å². The number of nitrogens with zero attached hydrogens (tertiary/aromatic N) is 4. The molecule has 0 saturated carbocycles. The van der Waals surface area contributed by atoms with E-state index >= 15 is 0 Å². The highest BCUT2D eigenvalue weighted by Gasteiger charge is 2.44. The van der Waals surface area contributed by atoms with Gasteiger partial charge in [-0.3, -0.25) is 4.57 Å². The highest BCUT2D eigenvalue weighted by atomic mass is 16.6. The first-order valence-electron chi connectivity index (χ1n) is 12.0. The zero-order valence-corrected chi connectivity index (χ0v) is 20.7. The van der Waals surface area contributed by atoms with Crippen LogP contribution in [0.4, 0.5) is 16.3 Å². The van der Waals surface area contributed by atoms with E-state index in [-0.39, 0.29) is 17.3 Å². The van der Waals surface area contributed by atoms with Gasteiger partial charge in [0.15, 0.2) is 17.7 Å². The molecule has 0 bridgehead atoms. The maximum atomic E-state index is 12.1. The van der Waals surface area contributed by atoms with Gasteiger partial charge in [-0.25, -0.2) is 19.7 Å². The number of aromatic nitrogens is 4. The van der Waals surface area contributed by atoms with Crippen LogP contribution in [0, 0.1) is 0 Å². The Labute approximate surface area is 209 Å². The molecule has 7 N–H and O–H groups in total. The highest BCUT2D eigenvalue weighted by molar-refractivity contribution is 5.89. The Balaban J connectivity index is 1.17. The van der Waals surface area contributed by atoms with Crippen molar-refractivity contribution in [1.82, 2.24) is 30.2 Å². The minimum Gasteiger partial charge on any atom is -0.387 e. The van der Waals surface area contributed by atoms with Gasteiger partial charge in [-0.15, -0.1) is 0 Å². The molecule has 4 rings (SSSR count). The summed E-state index contributed by atoms with van der Waals surface area (Å²) >= 11 is 0. The zero-order chi connectivity index (χ0) is 25.9. The van der Waals surface area contributed by atoms with Crippen molar-refractivity contribution in [1.29, 1.82) is 0 Å². The molecule has 1 aliphatic heterocycles. The van der Waals surface area contributed by atoms with E-state index in [0.717, 1.165) is 5.69 Å². The molecule has 2 amide bonds. The molecule has 36 heavy (non-hydrogen) atoms. The molecule has 0 unspecified atom stereocenters. The molecule has 1 aliphatic rings. The summed E-state index contributed by atoms with van der Waals surface area (Å²) in [6, 6.07) is 7.55. The Morgan fingerprint density at radius 3 is 2.58 bits per heavy atom. The predicted octanol–water partition coefficient (Wildman–Crippen LogP) is 1.13. The predicted molar refractivity (Wildman–Crippen MR) is 135 cm³/mol. The number of ether oxygens (including phenoxy) is 1. The van der Waals surface area contributed by atoms with Crippen molar-refractivity contribution in [2.45, 2.75) is 57.1 Å². The Bertz CT molecular complexity index is 1180. The van der Waals surface area contributed by atoms with Crippen molar-refractivity contribution < 1.29 is 19.7 Å². The number of hydrogen-bond acceptors (Lipinski definition) is 9. The summed E-state index contributed by atoms with van der Waals surface area (Å²) in [5.41, 5.74) is 8.64. The monoisotopic (exact) mass is 498 g/mol. The fourth-order valence-corrected chi connectivity index (χ4v) is 4.07. The molecule has 4 atom stereocenters. The van der Waals surface area contributed by atoms with Crippen LogP contribution in [0.2, 0.25) is 0 Å². The normalized spacial score (nSPS) is 22.1. The van der Waals surface area contributed by atoms with Crippen LogP contribution in [0.5, 0.6) is 0 Å². The van der Waals surface area contributed by atoms with E-state index in [1.807, 2.05) is 24.3 Å². The number of carbonyl (C=O) groups excluding carboxylic acids is 1. The van der Waals surface area contributed by atoms with Crippen LogP contribution in [0.1, 0.15) is 39.0 Å². The first-order valence-corrected chi connectivity index (χ1v) is 12.0. The summed E-state index contributed by atoms with van der Waals surface area (Å²) in [5.74, 6) is 0.228. The lowest BCUT2D eigenvalue weighted by Crippen LogP contribution is -2.38. The molecule has 0 aliphatic carbocycles. The first kappa shape index (κ1) is 25.8. The summed E-state index contributed by atoms with van der Waals surface area (Å²) < 4.78 is 7.44. The largest absolute Gasteiger partial charge is 0.387 e.